The number of amides is 2. The molecule has 0 saturated carbocycles. The molecule has 0 unspecified atom stereocenters. The van der Waals surface area contributed by atoms with Crippen molar-refractivity contribution in [1.29, 1.82) is 0 Å². The average Bonchev–Trinajstić information content (AvgIpc) is 3.06. The van der Waals surface area contributed by atoms with Crippen LogP contribution in [0.5, 0.6) is 0 Å². The highest BCUT2D eigenvalue weighted by Gasteiger charge is 2.20. The summed E-state index contributed by atoms with van der Waals surface area (Å²) >= 11 is 0. The Morgan fingerprint density at radius 3 is 2.81 bits per heavy atom. The first kappa shape index (κ1) is 13.9. The monoisotopic (exact) mass is 287 g/mol. The minimum Gasteiger partial charge on any atom is -0.385 e. The molecule has 112 valence electrons. The number of nitrogens with one attached hydrogen (secondary N) is 2. The van der Waals surface area contributed by atoms with Crippen molar-refractivity contribution in [2.45, 2.75) is 25.7 Å². The molecule has 3 rings (SSSR count). The van der Waals surface area contributed by atoms with Crippen LogP contribution in [0.2, 0.25) is 0 Å². The minimum atomic E-state index is -0.150. The maximum absolute atomic E-state index is 12.3. The molecule has 1 fully saturated rings. The number of fused-ring (bicyclic) bond motifs is 1. The van der Waals surface area contributed by atoms with Crippen molar-refractivity contribution in [1.82, 2.24) is 10.2 Å². The molecule has 0 atom stereocenters. The molecule has 0 bridgehead atoms. The second-order valence-corrected chi connectivity index (χ2v) is 5.63. The van der Waals surface area contributed by atoms with Gasteiger partial charge >= 0.3 is 0 Å². The van der Waals surface area contributed by atoms with E-state index in [1.54, 1.807) is 0 Å². The van der Waals surface area contributed by atoms with Gasteiger partial charge in [-0.25, -0.2) is 0 Å². The fraction of sp³-hybridized carbons (Fsp3) is 0.500. The molecule has 5 nitrogen and oxygen atoms in total. The van der Waals surface area contributed by atoms with E-state index in [0.717, 1.165) is 56.6 Å². The number of hydrogen-bond acceptors (Lipinski definition) is 3. The van der Waals surface area contributed by atoms with Gasteiger partial charge in [0.2, 0.25) is 5.91 Å². The molecule has 0 aliphatic carbocycles. The van der Waals surface area contributed by atoms with Gasteiger partial charge in [0, 0.05) is 30.9 Å². The van der Waals surface area contributed by atoms with Gasteiger partial charge in [-0.1, -0.05) is 6.07 Å². The van der Waals surface area contributed by atoms with E-state index in [0.29, 0.717) is 5.56 Å². The highest BCUT2D eigenvalue weighted by molar-refractivity contribution is 5.99. The zero-order chi connectivity index (χ0) is 14.7. The summed E-state index contributed by atoms with van der Waals surface area (Å²) in [6.07, 6.45) is 4.07. The van der Waals surface area contributed by atoms with Crippen molar-refractivity contribution in [3.05, 3.63) is 29.3 Å². The predicted molar refractivity (Wildman–Crippen MR) is 81.4 cm³/mol. The van der Waals surface area contributed by atoms with E-state index in [2.05, 4.69) is 10.6 Å². The first-order valence-electron chi connectivity index (χ1n) is 7.67. The van der Waals surface area contributed by atoms with Crippen LogP contribution >= 0.6 is 0 Å². The summed E-state index contributed by atoms with van der Waals surface area (Å²) in [6.45, 7) is 2.68. The SMILES string of the molecule is O=C(NCC(=O)N1CCCC1)c1cccc2c1CCCN2. The van der Waals surface area contributed by atoms with Crippen LogP contribution in [0.25, 0.3) is 0 Å². The molecule has 1 aromatic carbocycles. The van der Waals surface area contributed by atoms with Gasteiger partial charge in [0.1, 0.15) is 0 Å². The first-order chi connectivity index (χ1) is 10.3. The van der Waals surface area contributed by atoms with Crippen LogP contribution in [-0.2, 0) is 11.2 Å². The lowest BCUT2D eigenvalue weighted by Gasteiger charge is -2.21. The normalized spacial score (nSPS) is 17.0. The minimum absolute atomic E-state index is 0.0174. The summed E-state index contributed by atoms with van der Waals surface area (Å²) < 4.78 is 0. The summed E-state index contributed by atoms with van der Waals surface area (Å²) in [6, 6.07) is 5.72. The van der Waals surface area contributed by atoms with Crippen molar-refractivity contribution in [3.63, 3.8) is 0 Å². The molecule has 5 heteroatoms. The summed E-state index contributed by atoms with van der Waals surface area (Å²) in [7, 11) is 0. The first-order valence-corrected chi connectivity index (χ1v) is 7.67. The van der Waals surface area contributed by atoms with E-state index in [4.69, 9.17) is 0 Å². The lowest BCUT2D eigenvalue weighted by Crippen LogP contribution is -2.39. The van der Waals surface area contributed by atoms with Crippen molar-refractivity contribution < 1.29 is 9.59 Å². The predicted octanol–water partition coefficient (Wildman–Crippen LogP) is 1.40. The number of anilines is 1. The molecule has 21 heavy (non-hydrogen) atoms. The van der Waals surface area contributed by atoms with E-state index < -0.39 is 0 Å². The number of hydrogen-bond donors (Lipinski definition) is 2. The van der Waals surface area contributed by atoms with Crippen LogP contribution < -0.4 is 10.6 Å². The van der Waals surface area contributed by atoms with E-state index in [1.165, 1.54) is 0 Å². The van der Waals surface area contributed by atoms with Crippen LogP contribution in [0.15, 0.2) is 18.2 Å². The van der Waals surface area contributed by atoms with Gasteiger partial charge in [-0.3, -0.25) is 9.59 Å². The molecule has 2 aliphatic rings. The molecule has 2 heterocycles. The zero-order valence-corrected chi connectivity index (χ0v) is 12.2. The summed E-state index contributed by atoms with van der Waals surface area (Å²) in [4.78, 5) is 26.1. The Hall–Kier alpha value is -2.04. The lowest BCUT2D eigenvalue weighted by atomic mass is 9.97. The van der Waals surface area contributed by atoms with Gasteiger partial charge < -0.3 is 15.5 Å². The van der Waals surface area contributed by atoms with Crippen LogP contribution in [-0.4, -0.2) is 42.9 Å². The van der Waals surface area contributed by atoms with Gasteiger partial charge in [-0.15, -0.1) is 0 Å². The Morgan fingerprint density at radius 1 is 1.19 bits per heavy atom. The summed E-state index contributed by atoms with van der Waals surface area (Å²) in [5, 5.41) is 6.08. The highest BCUT2D eigenvalue weighted by atomic mass is 16.2. The number of likely N-dealkylation sites (tertiary alicyclic amines) is 1. The molecular formula is C16H21N3O2. The van der Waals surface area contributed by atoms with Gasteiger partial charge in [-0.05, 0) is 43.4 Å². The fourth-order valence-electron chi connectivity index (χ4n) is 3.05. The van der Waals surface area contributed by atoms with Crippen molar-refractivity contribution in [3.8, 4) is 0 Å². The maximum Gasteiger partial charge on any atom is 0.252 e. The van der Waals surface area contributed by atoms with Crippen molar-refractivity contribution in [2.75, 3.05) is 31.5 Å². The Kier molecular flexibility index (Phi) is 4.08. The third kappa shape index (κ3) is 3.01. The smallest absolute Gasteiger partial charge is 0.252 e. The second kappa shape index (κ2) is 6.16. The van der Waals surface area contributed by atoms with E-state index in [9.17, 15) is 9.59 Å². The van der Waals surface area contributed by atoms with Gasteiger partial charge in [-0.2, -0.15) is 0 Å². The van der Waals surface area contributed by atoms with Gasteiger partial charge in [0.15, 0.2) is 0 Å². The fourth-order valence-corrected chi connectivity index (χ4v) is 3.05. The van der Waals surface area contributed by atoms with E-state index in [-0.39, 0.29) is 18.4 Å². The molecule has 2 aliphatic heterocycles. The largest absolute Gasteiger partial charge is 0.385 e. The summed E-state index contributed by atoms with van der Waals surface area (Å²) in [5.41, 5.74) is 2.79. The number of carbonyl (C=O) groups excluding carboxylic acids is 2. The van der Waals surface area contributed by atoms with Gasteiger partial charge in [0.05, 0.1) is 6.54 Å². The Bertz CT molecular complexity index is 550. The number of carbonyl (C=O) groups is 2. The number of nitrogens with zero attached hydrogens (tertiary/aromatic N) is 1. The zero-order valence-electron chi connectivity index (χ0n) is 12.2. The topological polar surface area (TPSA) is 61.4 Å². The Morgan fingerprint density at radius 2 is 2.00 bits per heavy atom. The molecule has 2 amide bonds. The van der Waals surface area contributed by atoms with Crippen LogP contribution in [0, 0.1) is 0 Å². The molecule has 2 N–H and O–H groups in total. The lowest BCUT2D eigenvalue weighted by molar-refractivity contribution is -0.129. The summed E-state index contributed by atoms with van der Waals surface area (Å²) in [5.74, 6) is -0.133. The molecule has 0 aromatic heterocycles. The molecule has 1 aromatic rings. The Balaban J connectivity index is 1.64. The Labute approximate surface area is 124 Å². The van der Waals surface area contributed by atoms with E-state index >= 15 is 0 Å². The maximum atomic E-state index is 12.3. The number of rotatable bonds is 3. The third-order valence-electron chi connectivity index (χ3n) is 4.20. The highest BCUT2D eigenvalue weighted by Crippen LogP contribution is 2.25. The molecule has 0 spiro atoms. The van der Waals surface area contributed by atoms with E-state index in [1.807, 2.05) is 23.1 Å². The van der Waals surface area contributed by atoms with Crippen molar-refractivity contribution >= 4 is 17.5 Å². The van der Waals surface area contributed by atoms with Crippen LogP contribution in [0.3, 0.4) is 0 Å². The third-order valence-corrected chi connectivity index (χ3v) is 4.20. The van der Waals surface area contributed by atoms with Crippen LogP contribution in [0.4, 0.5) is 5.69 Å². The second-order valence-electron chi connectivity index (χ2n) is 5.63. The molecular weight excluding hydrogens is 266 g/mol. The molecule has 0 radical (unpaired) electrons. The van der Waals surface area contributed by atoms with Crippen molar-refractivity contribution in [2.24, 2.45) is 0 Å². The molecule has 1 saturated heterocycles. The van der Waals surface area contributed by atoms with Gasteiger partial charge in [0.25, 0.3) is 5.91 Å². The van der Waals surface area contributed by atoms with Crippen LogP contribution in [0.1, 0.15) is 35.2 Å². The average molecular weight is 287 g/mol. The number of benzene rings is 1. The quantitative estimate of drug-likeness (QED) is 0.883. The standard InChI is InChI=1S/C16H21N3O2/c20-15(19-9-1-2-10-19)11-18-16(21)13-5-3-7-14-12(13)6-4-8-17-14/h3,5,7,17H,1-2,4,6,8-11H2,(H,18,21).